The summed E-state index contributed by atoms with van der Waals surface area (Å²) in [6.45, 7) is 8.38. The molecule has 1 aliphatic carbocycles. The minimum Gasteiger partial charge on any atom is -0.383 e. The van der Waals surface area contributed by atoms with E-state index in [1.165, 1.54) is 0 Å². The number of amides is 2. The molecule has 2 saturated heterocycles. The van der Waals surface area contributed by atoms with Gasteiger partial charge in [-0.2, -0.15) is 0 Å². The van der Waals surface area contributed by atoms with Crippen LogP contribution in [0.1, 0.15) is 6.92 Å². The molecule has 36 heavy (non-hydrogen) atoms. The third-order valence-corrected chi connectivity index (χ3v) is 7.59. The highest BCUT2D eigenvalue weighted by Gasteiger charge is 2.39. The number of allylic oxidation sites excluding steroid dienone is 4. The molecule has 0 spiro atoms. The maximum Gasteiger partial charge on any atom is 0.319 e. The Hall–Kier alpha value is -2.94. The Labute approximate surface area is 213 Å². The zero-order valence-corrected chi connectivity index (χ0v) is 21.2. The second-order valence-corrected chi connectivity index (χ2v) is 9.98. The van der Waals surface area contributed by atoms with Gasteiger partial charge in [-0.3, -0.25) is 4.90 Å². The number of rotatable bonds is 7. The SMILES string of the molecule is COCCN1C[C@@H](NC(=O)Nc2cc3ccccc3nc2N2CCOCC2)[C@H](C2C=CC=CC2C)C1. The van der Waals surface area contributed by atoms with Crippen LogP contribution < -0.4 is 15.5 Å². The molecule has 4 atom stereocenters. The molecule has 3 aliphatic rings. The Kier molecular flexibility index (Phi) is 7.84. The van der Waals surface area contributed by atoms with Gasteiger partial charge < -0.3 is 25.0 Å². The highest BCUT2D eigenvalue weighted by atomic mass is 16.5. The van der Waals surface area contributed by atoms with E-state index in [4.69, 9.17) is 14.5 Å². The van der Waals surface area contributed by atoms with Gasteiger partial charge in [-0.1, -0.05) is 49.4 Å². The first-order valence-electron chi connectivity index (χ1n) is 13.0. The highest BCUT2D eigenvalue weighted by Crippen LogP contribution is 2.34. The summed E-state index contributed by atoms with van der Waals surface area (Å²) in [7, 11) is 1.73. The van der Waals surface area contributed by atoms with Gasteiger partial charge >= 0.3 is 6.03 Å². The number of para-hydroxylation sites is 1. The molecule has 1 aromatic carbocycles. The van der Waals surface area contributed by atoms with Crippen LogP contribution in [0.5, 0.6) is 0 Å². The molecule has 2 aromatic rings. The number of aromatic nitrogens is 1. The van der Waals surface area contributed by atoms with Gasteiger partial charge in [0.2, 0.25) is 0 Å². The van der Waals surface area contributed by atoms with E-state index >= 15 is 0 Å². The van der Waals surface area contributed by atoms with Gasteiger partial charge in [0.05, 0.1) is 31.0 Å². The summed E-state index contributed by atoms with van der Waals surface area (Å²) in [4.78, 5) is 22.9. The fraction of sp³-hybridized carbons (Fsp3) is 0.500. The molecule has 2 aliphatic heterocycles. The zero-order chi connectivity index (χ0) is 24.9. The summed E-state index contributed by atoms with van der Waals surface area (Å²) in [6.07, 6.45) is 8.81. The molecule has 192 valence electrons. The molecule has 0 radical (unpaired) electrons. The average molecular weight is 492 g/mol. The van der Waals surface area contributed by atoms with Crippen molar-refractivity contribution in [3.8, 4) is 0 Å². The van der Waals surface area contributed by atoms with Gasteiger partial charge in [0, 0.05) is 51.3 Å². The second kappa shape index (κ2) is 11.4. The Bertz CT molecular complexity index is 1110. The van der Waals surface area contributed by atoms with Crippen molar-refractivity contribution in [2.45, 2.75) is 13.0 Å². The molecule has 8 nitrogen and oxygen atoms in total. The van der Waals surface area contributed by atoms with E-state index in [2.05, 4.69) is 51.7 Å². The van der Waals surface area contributed by atoms with Gasteiger partial charge in [0.1, 0.15) is 0 Å². The van der Waals surface area contributed by atoms with Crippen LogP contribution in [0.15, 0.2) is 54.6 Å². The largest absolute Gasteiger partial charge is 0.383 e. The summed E-state index contributed by atoms with van der Waals surface area (Å²) >= 11 is 0. The maximum atomic E-state index is 13.4. The molecule has 0 saturated carbocycles. The Morgan fingerprint density at radius 1 is 1.17 bits per heavy atom. The van der Waals surface area contributed by atoms with Gasteiger partial charge in [-0.05, 0) is 29.9 Å². The zero-order valence-electron chi connectivity index (χ0n) is 21.2. The molecular formula is C28H37N5O3. The molecule has 0 bridgehead atoms. The summed E-state index contributed by atoms with van der Waals surface area (Å²) in [5.41, 5.74) is 1.65. The summed E-state index contributed by atoms with van der Waals surface area (Å²) < 4.78 is 10.9. The number of ether oxygens (including phenoxy) is 2. The fourth-order valence-electron chi connectivity index (χ4n) is 5.67. The minimum absolute atomic E-state index is 0.0470. The first-order chi connectivity index (χ1) is 17.6. The van der Waals surface area contributed by atoms with Crippen molar-refractivity contribution in [1.29, 1.82) is 0 Å². The third-order valence-electron chi connectivity index (χ3n) is 7.59. The number of fused-ring (bicyclic) bond motifs is 1. The van der Waals surface area contributed by atoms with Crippen LogP contribution in [-0.2, 0) is 9.47 Å². The van der Waals surface area contributed by atoms with E-state index in [1.54, 1.807) is 7.11 Å². The molecular weight excluding hydrogens is 454 g/mol. The monoisotopic (exact) mass is 491 g/mol. The van der Waals surface area contributed by atoms with Crippen molar-refractivity contribution in [2.75, 3.05) is 69.9 Å². The Morgan fingerprint density at radius 3 is 2.78 bits per heavy atom. The normalized spacial score (nSPS) is 26.4. The van der Waals surface area contributed by atoms with E-state index in [0.29, 0.717) is 37.6 Å². The summed E-state index contributed by atoms with van der Waals surface area (Å²) in [5.74, 6) is 1.95. The Balaban J connectivity index is 1.35. The van der Waals surface area contributed by atoms with Crippen molar-refractivity contribution in [3.05, 3.63) is 54.6 Å². The number of anilines is 2. The van der Waals surface area contributed by atoms with Crippen LogP contribution in [0, 0.1) is 17.8 Å². The summed E-state index contributed by atoms with van der Waals surface area (Å²) in [5, 5.41) is 7.47. The molecule has 5 rings (SSSR count). The van der Waals surface area contributed by atoms with Gasteiger partial charge in [-0.25, -0.2) is 9.78 Å². The maximum absolute atomic E-state index is 13.4. The smallest absolute Gasteiger partial charge is 0.319 e. The number of benzene rings is 1. The predicted molar refractivity (Wildman–Crippen MR) is 143 cm³/mol. The van der Waals surface area contributed by atoms with E-state index < -0.39 is 0 Å². The van der Waals surface area contributed by atoms with Crippen LogP contribution in [0.4, 0.5) is 16.3 Å². The number of pyridine rings is 1. The van der Waals surface area contributed by atoms with Gasteiger partial charge in [0.15, 0.2) is 5.82 Å². The van der Waals surface area contributed by atoms with E-state index in [1.807, 2.05) is 30.3 Å². The number of carbonyl (C=O) groups excluding carboxylic acids is 1. The molecule has 3 heterocycles. The van der Waals surface area contributed by atoms with Crippen LogP contribution >= 0.6 is 0 Å². The third kappa shape index (κ3) is 5.56. The lowest BCUT2D eigenvalue weighted by molar-refractivity contribution is 0.122. The van der Waals surface area contributed by atoms with Crippen molar-refractivity contribution in [2.24, 2.45) is 17.8 Å². The predicted octanol–water partition coefficient (Wildman–Crippen LogP) is 3.52. The van der Waals surface area contributed by atoms with Crippen molar-refractivity contribution in [3.63, 3.8) is 0 Å². The van der Waals surface area contributed by atoms with E-state index in [0.717, 1.165) is 55.1 Å². The number of morpholine rings is 1. The van der Waals surface area contributed by atoms with Gasteiger partial charge in [0.25, 0.3) is 0 Å². The van der Waals surface area contributed by atoms with Crippen LogP contribution in [-0.4, -0.2) is 81.6 Å². The number of hydrogen-bond acceptors (Lipinski definition) is 6. The van der Waals surface area contributed by atoms with Crippen LogP contribution in [0.25, 0.3) is 10.9 Å². The molecule has 2 amide bonds. The standard InChI is InChI=1S/C28H37N5O3/c1-20-7-3-5-9-22(20)23-18-32(11-14-35-2)19-26(23)31-28(34)30-25-17-21-8-4-6-10-24(21)29-27(25)33-12-15-36-16-13-33/h3-10,17,20,22-23,26H,11-16,18-19H2,1-2H3,(H2,30,31,34)/t20?,22?,23-,26+/m0/s1. The fourth-order valence-corrected chi connectivity index (χ4v) is 5.67. The number of nitrogens with one attached hydrogen (secondary N) is 2. The van der Waals surface area contributed by atoms with Crippen LogP contribution in [0.2, 0.25) is 0 Å². The second-order valence-electron chi connectivity index (χ2n) is 9.98. The van der Waals surface area contributed by atoms with Crippen molar-refractivity contribution >= 4 is 28.4 Å². The number of likely N-dealkylation sites (tertiary alicyclic amines) is 1. The number of carbonyl (C=O) groups is 1. The molecule has 2 fully saturated rings. The molecule has 8 heteroatoms. The number of hydrogen-bond donors (Lipinski definition) is 2. The minimum atomic E-state index is -0.187. The molecule has 2 N–H and O–H groups in total. The number of nitrogens with zero attached hydrogens (tertiary/aromatic N) is 3. The Morgan fingerprint density at radius 2 is 1.97 bits per heavy atom. The van der Waals surface area contributed by atoms with E-state index in [9.17, 15) is 4.79 Å². The molecule has 2 unspecified atom stereocenters. The number of methoxy groups -OCH3 is 1. The lowest BCUT2D eigenvalue weighted by Crippen LogP contribution is -2.45. The average Bonchev–Trinajstić information content (AvgIpc) is 3.29. The van der Waals surface area contributed by atoms with Crippen LogP contribution in [0.3, 0.4) is 0 Å². The first-order valence-corrected chi connectivity index (χ1v) is 13.0. The van der Waals surface area contributed by atoms with Crippen molar-refractivity contribution < 1.29 is 14.3 Å². The van der Waals surface area contributed by atoms with Gasteiger partial charge in [-0.15, -0.1) is 0 Å². The lowest BCUT2D eigenvalue weighted by Gasteiger charge is -2.31. The van der Waals surface area contributed by atoms with E-state index in [-0.39, 0.29) is 12.1 Å². The quantitative estimate of drug-likeness (QED) is 0.617. The first kappa shape index (κ1) is 24.7. The topological polar surface area (TPSA) is 79.0 Å². The number of urea groups is 1. The summed E-state index contributed by atoms with van der Waals surface area (Å²) in [6, 6.07) is 9.91. The highest BCUT2D eigenvalue weighted by molar-refractivity contribution is 5.96. The lowest BCUT2D eigenvalue weighted by atomic mass is 9.77. The van der Waals surface area contributed by atoms with Crippen molar-refractivity contribution in [1.82, 2.24) is 15.2 Å². The molecule has 1 aromatic heterocycles.